The smallest absolute Gasteiger partial charge is 0.0390 e. The molecule has 0 bridgehead atoms. The summed E-state index contributed by atoms with van der Waals surface area (Å²) in [7, 11) is 4.22. The first kappa shape index (κ1) is 14.8. The molecule has 18 heavy (non-hydrogen) atoms. The van der Waals surface area contributed by atoms with Gasteiger partial charge in [0, 0.05) is 24.0 Å². The monoisotopic (exact) mass is 249 g/mol. The number of benzene rings is 1. The lowest BCUT2D eigenvalue weighted by atomic mass is 10.0. The molecule has 0 amide bonds. The van der Waals surface area contributed by atoms with E-state index in [0.717, 1.165) is 29.9 Å². The first-order chi connectivity index (χ1) is 8.38. The third-order valence-corrected chi connectivity index (χ3v) is 2.99. The highest BCUT2D eigenvalue weighted by Gasteiger charge is 2.12. The molecule has 1 rings (SSSR count). The number of nitrogens with one attached hydrogen (secondary N) is 1. The van der Waals surface area contributed by atoms with Crippen LogP contribution in [0.15, 0.2) is 18.2 Å². The number of hydrogen-bond acceptors (Lipinski definition) is 3. The lowest BCUT2D eigenvalue weighted by Crippen LogP contribution is -2.33. The summed E-state index contributed by atoms with van der Waals surface area (Å²) >= 11 is 0. The Morgan fingerprint density at radius 3 is 2.44 bits per heavy atom. The Kier molecular flexibility index (Phi) is 5.48. The van der Waals surface area contributed by atoms with Crippen LogP contribution in [0.5, 0.6) is 0 Å². The second kappa shape index (κ2) is 6.64. The molecule has 3 N–H and O–H groups in total. The number of nitrogens with zero attached hydrogens (tertiary/aromatic N) is 1. The van der Waals surface area contributed by atoms with Gasteiger partial charge in [0.1, 0.15) is 0 Å². The Morgan fingerprint density at radius 2 is 1.94 bits per heavy atom. The molecule has 102 valence electrons. The zero-order valence-corrected chi connectivity index (χ0v) is 12.3. The standard InChI is InChI=1S/C15H27N3/c1-11(2)8-14(10-18(4)5)17-13-7-6-12(3)15(16)9-13/h6-7,9,11,14,17H,8,10,16H2,1-5H3. The molecule has 0 heterocycles. The van der Waals surface area contributed by atoms with Gasteiger partial charge in [-0.05, 0) is 51.1 Å². The molecular weight excluding hydrogens is 222 g/mol. The summed E-state index contributed by atoms with van der Waals surface area (Å²) in [6, 6.07) is 6.66. The van der Waals surface area contributed by atoms with Crippen molar-refractivity contribution in [1.29, 1.82) is 0 Å². The first-order valence-electron chi connectivity index (χ1n) is 6.66. The van der Waals surface area contributed by atoms with Crippen LogP contribution in [0.25, 0.3) is 0 Å². The summed E-state index contributed by atoms with van der Waals surface area (Å²) in [6.45, 7) is 7.58. The third kappa shape index (κ3) is 4.96. The maximum atomic E-state index is 5.95. The van der Waals surface area contributed by atoms with Gasteiger partial charge >= 0.3 is 0 Å². The highest BCUT2D eigenvalue weighted by Crippen LogP contribution is 2.19. The molecule has 3 heteroatoms. The quantitative estimate of drug-likeness (QED) is 0.762. The van der Waals surface area contributed by atoms with E-state index in [1.54, 1.807) is 0 Å². The van der Waals surface area contributed by atoms with Gasteiger partial charge in [0.05, 0.1) is 0 Å². The van der Waals surface area contributed by atoms with Gasteiger partial charge in [0.15, 0.2) is 0 Å². The minimum absolute atomic E-state index is 0.460. The van der Waals surface area contributed by atoms with Crippen LogP contribution in [0, 0.1) is 12.8 Å². The second-order valence-corrected chi connectivity index (χ2v) is 5.80. The lowest BCUT2D eigenvalue weighted by Gasteiger charge is -2.25. The number of hydrogen-bond donors (Lipinski definition) is 2. The summed E-state index contributed by atoms with van der Waals surface area (Å²) in [6.07, 6.45) is 1.16. The van der Waals surface area contributed by atoms with Crippen LogP contribution in [0.4, 0.5) is 11.4 Å². The third-order valence-electron chi connectivity index (χ3n) is 2.99. The molecule has 1 unspecified atom stereocenters. The van der Waals surface area contributed by atoms with Gasteiger partial charge in [0.2, 0.25) is 0 Å². The predicted octanol–water partition coefficient (Wildman–Crippen LogP) is 2.97. The maximum absolute atomic E-state index is 5.95. The van der Waals surface area contributed by atoms with E-state index in [4.69, 9.17) is 5.73 Å². The fourth-order valence-corrected chi connectivity index (χ4v) is 2.15. The van der Waals surface area contributed by atoms with Crippen LogP contribution in [0.2, 0.25) is 0 Å². The molecule has 1 aromatic carbocycles. The van der Waals surface area contributed by atoms with Crippen LogP contribution in [0.3, 0.4) is 0 Å². The predicted molar refractivity (Wildman–Crippen MR) is 81.0 cm³/mol. The van der Waals surface area contributed by atoms with E-state index in [0.29, 0.717) is 12.0 Å². The Morgan fingerprint density at radius 1 is 1.28 bits per heavy atom. The Hall–Kier alpha value is -1.22. The van der Waals surface area contributed by atoms with Crippen molar-refractivity contribution >= 4 is 11.4 Å². The minimum atomic E-state index is 0.460. The molecule has 0 saturated heterocycles. The van der Waals surface area contributed by atoms with Gasteiger partial charge in [-0.3, -0.25) is 0 Å². The van der Waals surface area contributed by atoms with Crippen LogP contribution in [-0.2, 0) is 0 Å². The second-order valence-electron chi connectivity index (χ2n) is 5.80. The van der Waals surface area contributed by atoms with E-state index in [1.807, 2.05) is 13.0 Å². The zero-order chi connectivity index (χ0) is 13.7. The van der Waals surface area contributed by atoms with Gasteiger partial charge in [-0.15, -0.1) is 0 Å². The summed E-state index contributed by atoms with van der Waals surface area (Å²) < 4.78 is 0. The van der Waals surface area contributed by atoms with Crippen molar-refractivity contribution < 1.29 is 0 Å². The van der Waals surface area contributed by atoms with Crippen molar-refractivity contribution in [2.45, 2.75) is 33.2 Å². The van der Waals surface area contributed by atoms with E-state index in [2.05, 4.69) is 50.3 Å². The molecule has 0 aliphatic carbocycles. The van der Waals surface area contributed by atoms with E-state index < -0.39 is 0 Å². The van der Waals surface area contributed by atoms with E-state index in [-0.39, 0.29) is 0 Å². The molecule has 0 aromatic heterocycles. The van der Waals surface area contributed by atoms with E-state index in [9.17, 15) is 0 Å². The fourth-order valence-electron chi connectivity index (χ4n) is 2.15. The average Bonchev–Trinajstić information content (AvgIpc) is 2.21. The summed E-state index contributed by atoms with van der Waals surface area (Å²) in [5.74, 6) is 0.685. The van der Waals surface area contributed by atoms with Crippen molar-refractivity contribution in [2.24, 2.45) is 5.92 Å². The molecule has 1 atom stereocenters. The van der Waals surface area contributed by atoms with Gasteiger partial charge < -0.3 is 16.0 Å². The Bertz CT molecular complexity index is 362. The van der Waals surface area contributed by atoms with Crippen LogP contribution < -0.4 is 11.1 Å². The van der Waals surface area contributed by atoms with Crippen molar-refractivity contribution in [1.82, 2.24) is 4.90 Å². The highest BCUT2D eigenvalue weighted by molar-refractivity contribution is 5.58. The van der Waals surface area contributed by atoms with E-state index in [1.165, 1.54) is 0 Å². The van der Waals surface area contributed by atoms with Crippen molar-refractivity contribution in [3.63, 3.8) is 0 Å². The number of nitrogen functional groups attached to an aromatic ring is 1. The Balaban J connectivity index is 2.71. The van der Waals surface area contributed by atoms with Crippen molar-refractivity contribution in [3.8, 4) is 0 Å². The van der Waals surface area contributed by atoms with Crippen LogP contribution in [-0.4, -0.2) is 31.6 Å². The molecule has 0 aliphatic rings. The normalized spacial score (nSPS) is 13.1. The summed E-state index contributed by atoms with van der Waals surface area (Å²) in [4.78, 5) is 2.22. The number of aryl methyl sites for hydroxylation is 1. The largest absolute Gasteiger partial charge is 0.398 e. The van der Waals surface area contributed by atoms with Gasteiger partial charge in [-0.25, -0.2) is 0 Å². The summed E-state index contributed by atoms with van der Waals surface area (Å²) in [5.41, 5.74) is 9.05. The molecular formula is C15H27N3. The number of nitrogens with two attached hydrogens (primary N) is 1. The maximum Gasteiger partial charge on any atom is 0.0390 e. The lowest BCUT2D eigenvalue weighted by molar-refractivity contribution is 0.356. The highest BCUT2D eigenvalue weighted by atomic mass is 15.1. The molecule has 0 aliphatic heterocycles. The summed E-state index contributed by atoms with van der Waals surface area (Å²) in [5, 5.41) is 3.59. The van der Waals surface area contributed by atoms with Gasteiger partial charge in [0.25, 0.3) is 0 Å². The topological polar surface area (TPSA) is 41.3 Å². The number of anilines is 2. The Labute approximate surface area is 111 Å². The number of rotatable bonds is 6. The zero-order valence-electron chi connectivity index (χ0n) is 12.3. The van der Waals surface area contributed by atoms with Crippen LogP contribution in [0.1, 0.15) is 25.8 Å². The van der Waals surface area contributed by atoms with Crippen molar-refractivity contribution in [2.75, 3.05) is 31.7 Å². The van der Waals surface area contributed by atoms with E-state index >= 15 is 0 Å². The number of likely N-dealkylation sites (N-methyl/N-ethyl adjacent to an activating group) is 1. The SMILES string of the molecule is Cc1ccc(NC(CC(C)C)CN(C)C)cc1N. The minimum Gasteiger partial charge on any atom is -0.398 e. The molecule has 0 fully saturated rings. The van der Waals surface area contributed by atoms with Crippen molar-refractivity contribution in [3.05, 3.63) is 23.8 Å². The first-order valence-corrected chi connectivity index (χ1v) is 6.66. The average molecular weight is 249 g/mol. The molecule has 3 nitrogen and oxygen atoms in total. The molecule has 0 radical (unpaired) electrons. The molecule has 0 saturated carbocycles. The van der Waals surface area contributed by atoms with Gasteiger partial charge in [-0.2, -0.15) is 0 Å². The fraction of sp³-hybridized carbons (Fsp3) is 0.600. The van der Waals surface area contributed by atoms with Crippen LogP contribution >= 0.6 is 0 Å². The molecule has 0 spiro atoms. The molecule has 1 aromatic rings. The van der Waals surface area contributed by atoms with Gasteiger partial charge in [-0.1, -0.05) is 19.9 Å².